The molecular formula is C8H14O. The molecule has 0 saturated carbocycles. The summed E-state index contributed by atoms with van der Waals surface area (Å²) < 4.78 is 5.22. The molecule has 0 aromatic rings. The van der Waals surface area contributed by atoms with Crippen molar-refractivity contribution in [1.29, 1.82) is 0 Å². The van der Waals surface area contributed by atoms with Gasteiger partial charge in [-0.05, 0) is 25.7 Å². The summed E-state index contributed by atoms with van der Waals surface area (Å²) >= 11 is 0. The standard InChI is InChI=1S/C8H14O/c1-9-8-6-4-2-3-5-7-8/h2,4,8H,3,5-7H2,1H3. The Balaban J connectivity index is 2.29. The molecule has 0 aromatic carbocycles. The van der Waals surface area contributed by atoms with Crippen molar-refractivity contribution in [2.24, 2.45) is 0 Å². The summed E-state index contributed by atoms with van der Waals surface area (Å²) in [4.78, 5) is 0. The third-order valence-electron chi connectivity index (χ3n) is 1.80. The summed E-state index contributed by atoms with van der Waals surface area (Å²) in [6.07, 6.45) is 9.82. The van der Waals surface area contributed by atoms with E-state index >= 15 is 0 Å². The molecule has 0 aromatic heterocycles. The summed E-state index contributed by atoms with van der Waals surface area (Å²) in [7, 11) is 1.80. The topological polar surface area (TPSA) is 9.23 Å². The Kier molecular flexibility index (Phi) is 2.78. The zero-order valence-corrected chi connectivity index (χ0v) is 5.97. The quantitative estimate of drug-likeness (QED) is 0.489. The van der Waals surface area contributed by atoms with Gasteiger partial charge in [-0.15, -0.1) is 0 Å². The fourth-order valence-corrected chi connectivity index (χ4v) is 1.16. The molecule has 1 aliphatic rings. The van der Waals surface area contributed by atoms with Crippen LogP contribution in [0.2, 0.25) is 0 Å². The third-order valence-corrected chi connectivity index (χ3v) is 1.80. The van der Waals surface area contributed by atoms with Crippen LogP contribution in [-0.2, 0) is 4.74 Å². The second-order valence-corrected chi connectivity index (χ2v) is 2.50. The molecule has 1 nitrogen and oxygen atoms in total. The van der Waals surface area contributed by atoms with E-state index in [0.717, 1.165) is 6.42 Å². The summed E-state index contributed by atoms with van der Waals surface area (Å²) in [5.41, 5.74) is 0. The Hall–Kier alpha value is -0.300. The summed E-state index contributed by atoms with van der Waals surface area (Å²) in [6.45, 7) is 0. The molecule has 0 bridgehead atoms. The van der Waals surface area contributed by atoms with E-state index in [1.807, 2.05) is 0 Å². The van der Waals surface area contributed by atoms with Gasteiger partial charge in [0, 0.05) is 7.11 Å². The molecule has 1 aliphatic carbocycles. The minimum atomic E-state index is 0.490. The van der Waals surface area contributed by atoms with Gasteiger partial charge in [-0.25, -0.2) is 0 Å². The molecule has 0 fully saturated rings. The number of hydrogen-bond acceptors (Lipinski definition) is 1. The molecule has 0 aliphatic heterocycles. The van der Waals surface area contributed by atoms with E-state index in [9.17, 15) is 0 Å². The Morgan fingerprint density at radius 2 is 2.33 bits per heavy atom. The second kappa shape index (κ2) is 3.67. The Morgan fingerprint density at radius 1 is 1.44 bits per heavy atom. The predicted molar refractivity (Wildman–Crippen MR) is 38.4 cm³/mol. The van der Waals surface area contributed by atoms with E-state index in [0.29, 0.717) is 6.10 Å². The van der Waals surface area contributed by atoms with Gasteiger partial charge in [0.15, 0.2) is 0 Å². The van der Waals surface area contributed by atoms with Gasteiger partial charge < -0.3 is 4.74 Å². The fraction of sp³-hybridized carbons (Fsp3) is 0.750. The first-order valence-corrected chi connectivity index (χ1v) is 3.61. The maximum atomic E-state index is 5.22. The molecule has 1 heteroatoms. The molecule has 0 saturated heterocycles. The van der Waals surface area contributed by atoms with Gasteiger partial charge in [-0.1, -0.05) is 12.2 Å². The van der Waals surface area contributed by atoms with Crippen LogP contribution in [0.1, 0.15) is 25.7 Å². The van der Waals surface area contributed by atoms with Crippen LogP contribution in [0.25, 0.3) is 0 Å². The molecule has 1 rings (SSSR count). The van der Waals surface area contributed by atoms with Gasteiger partial charge in [-0.2, -0.15) is 0 Å². The van der Waals surface area contributed by atoms with E-state index < -0.39 is 0 Å². The second-order valence-electron chi connectivity index (χ2n) is 2.50. The van der Waals surface area contributed by atoms with E-state index in [-0.39, 0.29) is 0 Å². The first kappa shape index (κ1) is 6.81. The molecule has 0 spiro atoms. The molecule has 1 atom stereocenters. The van der Waals surface area contributed by atoms with Gasteiger partial charge >= 0.3 is 0 Å². The molecular weight excluding hydrogens is 112 g/mol. The van der Waals surface area contributed by atoms with Crippen LogP contribution >= 0.6 is 0 Å². The number of allylic oxidation sites excluding steroid dienone is 1. The lowest BCUT2D eigenvalue weighted by Gasteiger charge is -2.09. The van der Waals surface area contributed by atoms with Crippen molar-refractivity contribution >= 4 is 0 Å². The Bertz CT molecular complexity index is 96.7. The highest BCUT2D eigenvalue weighted by Crippen LogP contribution is 2.13. The summed E-state index contributed by atoms with van der Waals surface area (Å²) in [5.74, 6) is 0. The maximum Gasteiger partial charge on any atom is 0.0605 e. The highest BCUT2D eigenvalue weighted by atomic mass is 16.5. The maximum absolute atomic E-state index is 5.22. The van der Waals surface area contributed by atoms with Crippen molar-refractivity contribution in [3.63, 3.8) is 0 Å². The van der Waals surface area contributed by atoms with Gasteiger partial charge in [-0.3, -0.25) is 0 Å². The monoisotopic (exact) mass is 126 g/mol. The van der Waals surface area contributed by atoms with E-state index in [1.54, 1.807) is 7.11 Å². The predicted octanol–water partition coefficient (Wildman–Crippen LogP) is 2.13. The van der Waals surface area contributed by atoms with Gasteiger partial charge in [0.2, 0.25) is 0 Å². The lowest BCUT2D eigenvalue weighted by Crippen LogP contribution is -2.07. The van der Waals surface area contributed by atoms with Crippen LogP contribution < -0.4 is 0 Å². The highest BCUT2D eigenvalue weighted by Gasteiger charge is 2.05. The minimum Gasteiger partial charge on any atom is -0.381 e. The fourth-order valence-electron chi connectivity index (χ4n) is 1.16. The van der Waals surface area contributed by atoms with E-state index in [4.69, 9.17) is 4.74 Å². The Morgan fingerprint density at radius 3 is 3.11 bits per heavy atom. The lowest BCUT2D eigenvalue weighted by atomic mass is 10.2. The molecule has 1 unspecified atom stereocenters. The molecule has 0 N–H and O–H groups in total. The van der Waals surface area contributed by atoms with Crippen molar-refractivity contribution in [2.45, 2.75) is 31.8 Å². The lowest BCUT2D eigenvalue weighted by molar-refractivity contribution is 0.0978. The van der Waals surface area contributed by atoms with Crippen LogP contribution in [0.15, 0.2) is 12.2 Å². The van der Waals surface area contributed by atoms with Crippen LogP contribution in [0.3, 0.4) is 0 Å². The van der Waals surface area contributed by atoms with Gasteiger partial charge in [0.25, 0.3) is 0 Å². The van der Waals surface area contributed by atoms with E-state index in [2.05, 4.69) is 12.2 Å². The summed E-state index contributed by atoms with van der Waals surface area (Å²) in [5, 5.41) is 0. The van der Waals surface area contributed by atoms with Crippen LogP contribution in [-0.4, -0.2) is 13.2 Å². The zero-order chi connectivity index (χ0) is 6.53. The molecule has 9 heavy (non-hydrogen) atoms. The number of ether oxygens (including phenoxy) is 1. The van der Waals surface area contributed by atoms with Crippen molar-refractivity contribution in [3.05, 3.63) is 12.2 Å². The highest BCUT2D eigenvalue weighted by molar-refractivity contribution is 4.87. The smallest absolute Gasteiger partial charge is 0.0605 e. The SMILES string of the molecule is COC1CC=CCCC1. The largest absolute Gasteiger partial charge is 0.381 e. The number of rotatable bonds is 1. The normalized spacial score (nSPS) is 27.9. The average molecular weight is 126 g/mol. The van der Waals surface area contributed by atoms with Crippen LogP contribution in [0, 0.1) is 0 Å². The summed E-state index contributed by atoms with van der Waals surface area (Å²) in [6, 6.07) is 0. The van der Waals surface area contributed by atoms with Crippen molar-refractivity contribution < 1.29 is 4.74 Å². The Labute approximate surface area is 56.7 Å². The molecule has 0 radical (unpaired) electrons. The van der Waals surface area contributed by atoms with Crippen LogP contribution in [0.4, 0.5) is 0 Å². The first-order chi connectivity index (χ1) is 4.43. The third kappa shape index (κ3) is 2.19. The first-order valence-electron chi connectivity index (χ1n) is 3.61. The van der Waals surface area contributed by atoms with Crippen molar-refractivity contribution in [3.8, 4) is 0 Å². The molecule has 0 amide bonds. The van der Waals surface area contributed by atoms with Crippen LogP contribution in [0.5, 0.6) is 0 Å². The molecule has 52 valence electrons. The number of methoxy groups -OCH3 is 1. The van der Waals surface area contributed by atoms with Gasteiger partial charge in [0.05, 0.1) is 6.10 Å². The van der Waals surface area contributed by atoms with Crippen molar-refractivity contribution in [2.75, 3.05) is 7.11 Å². The average Bonchev–Trinajstić information content (AvgIpc) is 2.13. The molecule has 0 heterocycles. The minimum absolute atomic E-state index is 0.490. The van der Waals surface area contributed by atoms with Gasteiger partial charge in [0.1, 0.15) is 0 Å². The van der Waals surface area contributed by atoms with E-state index in [1.165, 1.54) is 19.3 Å². The number of hydrogen-bond donors (Lipinski definition) is 0. The van der Waals surface area contributed by atoms with Crippen molar-refractivity contribution in [1.82, 2.24) is 0 Å². The zero-order valence-electron chi connectivity index (χ0n) is 5.97.